The monoisotopic (exact) mass is 584 g/mol. The lowest BCUT2D eigenvalue weighted by atomic mass is 9.87. The molecule has 2 aromatic rings. The van der Waals surface area contributed by atoms with E-state index in [0.717, 1.165) is 30.2 Å². The molecule has 1 heterocycles. The van der Waals surface area contributed by atoms with Gasteiger partial charge in [-0.3, -0.25) is 9.69 Å². The van der Waals surface area contributed by atoms with Gasteiger partial charge >= 0.3 is 24.6 Å². The van der Waals surface area contributed by atoms with Crippen molar-refractivity contribution in [3.8, 4) is 0 Å². The van der Waals surface area contributed by atoms with Crippen molar-refractivity contribution in [2.24, 2.45) is 0 Å². The van der Waals surface area contributed by atoms with Crippen LogP contribution in [-0.2, 0) is 34.6 Å². The maximum absolute atomic E-state index is 13.6. The normalized spacial score (nSPS) is 17.9. The minimum atomic E-state index is -5.15. The molecule has 220 valence electrons. The summed E-state index contributed by atoms with van der Waals surface area (Å²) >= 11 is 0. The number of ether oxygens (including phenoxy) is 1. The standard InChI is InChI=1S/C26H25F9N2O3/c1-4-18-12-21(19-11-15(24(27,28)29)6-7-20(19)37(18)22(38)5-2)36(23(39)40-3)13-14-8-16(25(30,31)32)10-17(9-14)26(33,34)35/h6-11,18,21H,4-5,12-13H2,1-3H3/t18?,21-/m0/s1. The molecule has 2 aromatic carbocycles. The molecule has 2 atom stereocenters. The first-order valence-electron chi connectivity index (χ1n) is 12.1. The summed E-state index contributed by atoms with van der Waals surface area (Å²) in [5, 5.41) is 0. The van der Waals surface area contributed by atoms with Crippen LogP contribution in [0, 0.1) is 0 Å². The molecule has 0 spiro atoms. The van der Waals surface area contributed by atoms with Crippen molar-refractivity contribution in [3.63, 3.8) is 0 Å². The summed E-state index contributed by atoms with van der Waals surface area (Å²) in [5.41, 5.74) is -5.00. The van der Waals surface area contributed by atoms with Crippen LogP contribution >= 0.6 is 0 Å². The number of fused-ring (bicyclic) bond motifs is 1. The highest BCUT2D eigenvalue weighted by atomic mass is 19.4. The lowest BCUT2D eigenvalue weighted by Crippen LogP contribution is -2.48. The third kappa shape index (κ3) is 6.47. The molecule has 14 heteroatoms. The number of halogens is 9. The second kappa shape index (κ2) is 11.2. The summed E-state index contributed by atoms with van der Waals surface area (Å²) in [7, 11) is 0.919. The zero-order valence-corrected chi connectivity index (χ0v) is 21.5. The molecule has 0 radical (unpaired) electrons. The van der Waals surface area contributed by atoms with Crippen molar-refractivity contribution >= 4 is 17.7 Å². The molecule has 0 aromatic heterocycles. The molecule has 0 saturated carbocycles. The van der Waals surface area contributed by atoms with Crippen LogP contribution in [0.3, 0.4) is 0 Å². The second-order valence-corrected chi connectivity index (χ2v) is 9.21. The molecule has 0 N–H and O–H groups in total. The minimum Gasteiger partial charge on any atom is -0.453 e. The number of rotatable bonds is 5. The summed E-state index contributed by atoms with van der Waals surface area (Å²) in [6.07, 6.45) is -16.2. The maximum atomic E-state index is 13.6. The molecule has 0 saturated heterocycles. The molecule has 3 rings (SSSR count). The van der Waals surface area contributed by atoms with E-state index in [1.807, 2.05) is 0 Å². The van der Waals surface area contributed by atoms with Gasteiger partial charge in [-0.1, -0.05) is 13.8 Å². The molecule has 1 aliphatic rings. The van der Waals surface area contributed by atoms with Gasteiger partial charge in [-0.25, -0.2) is 4.79 Å². The van der Waals surface area contributed by atoms with Crippen LogP contribution in [0.1, 0.15) is 67.0 Å². The van der Waals surface area contributed by atoms with Crippen molar-refractivity contribution < 1.29 is 53.8 Å². The summed E-state index contributed by atoms with van der Waals surface area (Å²) in [6, 6.07) is 1.44. The smallest absolute Gasteiger partial charge is 0.416 e. The summed E-state index contributed by atoms with van der Waals surface area (Å²) < 4.78 is 126. The molecule has 0 aliphatic carbocycles. The van der Waals surface area contributed by atoms with Crippen LogP contribution in [0.5, 0.6) is 0 Å². The molecule has 2 amide bonds. The predicted octanol–water partition coefficient (Wildman–Crippen LogP) is 7.98. The summed E-state index contributed by atoms with van der Waals surface area (Å²) in [5.74, 6) is -0.413. The lowest BCUT2D eigenvalue weighted by molar-refractivity contribution is -0.143. The van der Waals surface area contributed by atoms with Crippen LogP contribution in [0.15, 0.2) is 36.4 Å². The van der Waals surface area contributed by atoms with E-state index in [4.69, 9.17) is 4.74 Å². The van der Waals surface area contributed by atoms with Gasteiger partial charge in [-0.05, 0) is 60.4 Å². The van der Waals surface area contributed by atoms with Gasteiger partial charge in [0, 0.05) is 24.7 Å². The van der Waals surface area contributed by atoms with Crippen LogP contribution in [0.4, 0.5) is 50.0 Å². The van der Waals surface area contributed by atoms with Crippen molar-refractivity contribution in [1.82, 2.24) is 4.90 Å². The Labute approximate surface area is 223 Å². The third-order valence-electron chi connectivity index (χ3n) is 6.66. The Bertz CT molecular complexity index is 1220. The van der Waals surface area contributed by atoms with Gasteiger partial charge in [0.2, 0.25) is 5.91 Å². The number of anilines is 1. The zero-order chi connectivity index (χ0) is 30.2. The van der Waals surface area contributed by atoms with Crippen LogP contribution in [-0.4, -0.2) is 30.1 Å². The third-order valence-corrected chi connectivity index (χ3v) is 6.66. The predicted molar refractivity (Wildman–Crippen MR) is 125 cm³/mol. The number of hydrogen-bond acceptors (Lipinski definition) is 3. The zero-order valence-electron chi connectivity index (χ0n) is 21.5. The molecule has 0 bridgehead atoms. The van der Waals surface area contributed by atoms with Gasteiger partial charge in [0.15, 0.2) is 0 Å². The Morgan fingerprint density at radius 2 is 1.43 bits per heavy atom. The highest BCUT2D eigenvalue weighted by Crippen LogP contribution is 2.45. The van der Waals surface area contributed by atoms with Crippen LogP contribution in [0.25, 0.3) is 0 Å². The highest BCUT2D eigenvalue weighted by molar-refractivity contribution is 5.95. The molecule has 1 unspecified atom stereocenters. The maximum Gasteiger partial charge on any atom is 0.416 e. The Morgan fingerprint density at radius 1 is 0.875 bits per heavy atom. The van der Waals surface area contributed by atoms with Crippen molar-refractivity contribution in [2.75, 3.05) is 12.0 Å². The number of carbonyl (C=O) groups is 2. The topological polar surface area (TPSA) is 49.9 Å². The number of benzene rings is 2. The fourth-order valence-corrected chi connectivity index (χ4v) is 4.78. The quantitative estimate of drug-likeness (QED) is 0.335. The molecule has 1 aliphatic heterocycles. The van der Waals surface area contributed by atoms with Crippen LogP contribution in [0.2, 0.25) is 0 Å². The lowest BCUT2D eigenvalue weighted by Gasteiger charge is -2.44. The largest absolute Gasteiger partial charge is 0.453 e. The SMILES string of the molecule is CCC(=O)N1c2ccc(C(F)(F)F)cc2[C@@H](N(Cc2cc(C(F)(F)F)cc(C(F)(F)F)c2)C(=O)OC)CC1CC. The Balaban J connectivity index is 2.23. The number of nitrogens with zero attached hydrogens (tertiary/aromatic N) is 2. The minimum absolute atomic E-state index is 0.00674. The molecule has 5 nitrogen and oxygen atoms in total. The van der Waals surface area contributed by atoms with E-state index in [1.54, 1.807) is 13.8 Å². The van der Waals surface area contributed by atoms with E-state index < -0.39 is 71.4 Å². The van der Waals surface area contributed by atoms with E-state index in [-0.39, 0.29) is 30.2 Å². The first kappa shape index (κ1) is 31.1. The van der Waals surface area contributed by atoms with E-state index >= 15 is 0 Å². The summed E-state index contributed by atoms with van der Waals surface area (Å²) in [6.45, 7) is 2.40. The fourth-order valence-electron chi connectivity index (χ4n) is 4.78. The van der Waals surface area contributed by atoms with Crippen molar-refractivity contribution in [3.05, 3.63) is 64.2 Å². The van der Waals surface area contributed by atoms with Crippen LogP contribution < -0.4 is 4.90 Å². The molecule has 40 heavy (non-hydrogen) atoms. The number of amides is 2. The van der Waals surface area contributed by atoms with Gasteiger partial charge in [-0.2, -0.15) is 39.5 Å². The Kier molecular flexibility index (Phi) is 8.70. The number of hydrogen-bond donors (Lipinski definition) is 0. The Morgan fingerprint density at radius 3 is 1.88 bits per heavy atom. The van der Waals surface area contributed by atoms with Gasteiger partial charge in [-0.15, -0.1) is 0 Å². The number of methoxy groups -OCH3 is 1. The fraction of sp³-hybridized carbons (Fsp3) is 0.462. The highest BCUT2D eigenvalue weighted by Gasteiger charge is 2.42. The molecular formula is C26H25F9N2O3. The number of carbonyl (C=O) groups excluding carboxylic acids is 2. The average molecular weight is 584 g/mol. The van der Waals surface area contributed by atoms with E-state index in [9.17, 15) is 49.1 Å². The van der Waals surface area contributed by atoms with Crippen molar-refractivity contribution in [1.29, 1.82) is 0 Å². The van der Waals surface area contributed by atoms with E-state index in [1.165, 1.54) is 4.90 Å². The van der Waals surface area contributed by atoms with Gasteiger partial charge in [0.1, 0.15) is 0 Å². The van der Waals surface area contributed by atoms with Gasteiger partial charge in [0.05, 0.1) is 29.8 Å². The van der Waals surface area contributed by atoms with E-state index in [0.29, 0.717) is 18.6 Å². The van der Waals surface area contributed by atoms with E-state index in [2.05, 4.69) is 0 Å². The average Bonchev–Trinajstić information content (AvgIpc) is 2.87. The molecular weight excluding hydrogens is 559 g/mol. The summed E-state index contributed by atoms with van der Waals surface area (Å²) in [4.78, 5) is 27.8. The number of alkyl halides is 9. The first-order valence-corrected chi connectivity index (χ1v) is 12.1. The first-order chi connectivity index (χ1) is 18.4. The molecule has 0 fully saturated rings. The van der Waals surface area contributed by atoms with Gasteiger partial charge < -0.3 is 9.64 Å². The Hall–Kier alpha value is -3.45. The second-order valence-electron chi connectivity index (χ2n) is 9.21. The van der Waals surface area contributed by atoms with Crippen molar-refractivity contribution in [2.45, 2.75) is 70.3 Å². The van der Waals surface area contributed by atoms with Gasteiger partial charge in [0.25, 0.3) is 0 Å².